The van der Waals surface area contributed by atoms with Crippen LogP contribution in [-0.4, -0.2) is 35.7 Å². The van der Waals surface area contributed by atoms with Gasteiger partial charge in [-0.2, -0.15) is 0 Å². The molecule has 0 aromatic carbocycles. The molecule has 0 spiro atoms. The Morgan fingerprint density at radius 3 is 3.12 bits per heavy atom. The maximum atomic E-state index is 11.7. The average Bonchev–Trinajstić information content (AvgIpc) is 2.74. The van der Waals surface area contributed by atoms with Gasteiger partial charge in [0, 0.05) is 12.6 Å². The minimum absolute atomic E-state index is 0.134. The maximum absolute atomic E-state index is 11.7. The molecular formula is C12H18N2O3. The number of nitrogens with zero attached hydrogens (tertiary/aromatic N) is 2. The van der Waals surface area contributed by atoms with E-state index >= 15 is 0 Å². The van der Waals surface area contributed by atoms with Crippen LogP contribution >= 0.6 is 0 Å². The molecule has 0 N–H and O–H groups in total. The summed E-state index contributed by atoms with van der Waals surface area (Å²) in [6, 6.07) is 1.77. The van der Waals surface area contributed by atoms with E-state index in [1.54, 1.807) is 0 Å². The molecule has 94 valence electrons. The van der Waals surface area contributed by atoms with Gasteiger partial charge in [-0.15, -0.1) is 0 Å². The minimum atomic E-state index is -0.148. The lowest BCUT2D eigenvalue weighted by atomic mass is 10.0. The molecule has 0 saturated carbocycles. The summed E-state index contributed by atoms with van der Waals surface area (Å²) in [5, 5.41) is 3.96. The van der Waals surface area contributed by atoms with E-state index in [1.165, 1.54) is 7.11 Å². The quantitative estimate of drug-likeness (QED) is 0.747. The minimum Gasteiger partial charge on any atom is -0.468 e. The molecule has 1 saturated heterocycles. The van der Waals surface area contributed by atoms with Crippen LogP contribution < -0.4 is 0 Å². The summed E-state index contributed by atoms with van der Waals surface area (Å²) in [7, 11) is 1.44. The van der Waals surface area contributed by atoms with Gasteiger partial charge in [0.25, 0.3) is 0 Å². The average molecular weight is 238 g/mol. The van der Waals surface area contributed by atoms with Gasteiger partial charge in [-0.1, -0.05) is 11.6 Å². The van der Waals surface area contributed by atoms with Crippen molar-refractivity contribution in [3.05, 3.63) is 17.5 Å². The number of ether oxygens (including phenoxy) is 1. The molecule has 1 aromatic rings. The van der Waals surface area contributed by atoms with E-state index in [1.807, 2.05) is 13.0 Å². The van der Waals surface area contributed by atoms with Crippen molar-refractivity contribution in [2.45, 2.75) is 38.8 Å². The fourth-order valence-corrected chi connectivity index (χ4v) is 2.28. The third-order valence-electron chi connectivity index (χ3n) is 3.13. The largest absolute Gasteiger partial charge is 0.468 e. The van der Waals surface area contributed by atoms with Gasteiger partial charge >= 0.3 is 5.97 Å². The number of aromatic nitrogens is 1. The van der Waals surface area contributed by atoms with Crippen LogP contribution in [0.2, 0.25) is 0 Å². The van der Waals surface area contributed by atoms with Crippen LogP contribution in [0.15, 0.2) is 10.6 Å². The van der Waals surface area contributed by atoms with Crippen molar-refractivity contribution in [1.29, 1.82) is 0 Å². The maximum Gasteiger partial charge on any atom is 0.323 e. The van der Waals surface area contributed by atoms with Crippen molar-refractivity contribution in [2.24, 2.45) is 0 Å². The van der Waals surface area contributed by atoms with Gasteiger partial charge < -0.3 is 9.26 Å². The van der Waals surface area contributed by atoms with Crippen LogP contribution in [0.1, 0.15) is 30.7 Å². The number of rotatable bonds is 3. The number of piperidine rings is 1. The molecule has 5 nitrogen and oxygen atoms in total. The number of hydrogen-bond acceptors (Lipinski definition) is 5. The van der Waals surface area contributed by atoms with Gasteiger partial charge in [0.2, 0.25) is 0 Å². The lowest BCUT2D eigenvalue weighted by Crippen LogP contribution is -2.44. The van der Waals surface area contributed by atoms with E-state index in [2.05, 4.69) is 10.1 Å². The van der Waals surface area contributed by atoms with Crippen molar-refractivity contribution in [3.63, 3.8) is 0 Å². The molecule has 1 unspecified atom stereocenters. The van der Waals surface area contributed by atoms with Crippen LogP contribution in [0.25, 0.3) is 0 Å². The third-order valence-corrected chi connectivity index (χ3v) is 3.13. The molecular weight excluding hydrogens is 220 g/mol. The number of aryl methyl sites for hydroxylation is 1. The molecule has 0 bridgehead atoms. The summed E-state index contributed by atoms with van der Waals surface area (Å²) in [6.07, 6.45) is 3.06. The Kier molecular flexibility index (Phi) is 3.78. The Labute approximate surface area is 101 Å². The Morgan fingerprint density at radius 2 is 2.47 bits per heavy atom. The highest BCUT2D eigenvalue weighted by Gasteiger charge is 2.29. The van der Waals surface area contributed by atoms with Gasteiger partial charge in [0.1, 0.15) is 11.8 Å². The number of likely N-dealkylation sites (tertiary alicyclic amines) is 1. The van der Waals surface area contributed by atoms with Crippen molar-refractivity contribution in [3.8, 4) is 0 Å². The molecule has 0 aliphatic carbocycles. The van der Waals surface area contributed by atoms with E-state index in [0.29, 0.717) is 6.54 Å². The zero-order valence-corrected chi connectivity index (χ0v) is 10.3. The molecule has 2 heterocycles. The second-order valence-electron chi connectivity index (χ2n) is 4.43. The normalized spacial score (nSPS) is 21.4. The van der Waals surface area contributed by atoms with Crippen molar-refractivity contribution >= 4 is 5.97 Å². The first-order valence-corrected chi connectivity index (χ1v) is 5.95. The van der Waals surface area contributed by atoms with Crippen LogP contribution in [0, 0.1) is 6.92 Å². The second kappa shape index (κ2) is 5.31. The summed E-state index contributed by atoms with van der Waals surface area (Å²) >= 11 is 0. The topological polar surface area (TPSA) is 55.6 Å². The molecule has 1 aliphatic rings. The van der Waals surface area contributed by atoms with E-state index in [-0.39, 0.29) is 12.0 Å². The summed E-state index contributed by atoms with van der Waals surface area (Å²) in [6.45, 7) is 3.42. The number of hydrogen-bond donors (Lipinski definition) is 0. The van der Waals surface area contributed by atoms with E-state index in [9.17, 15) is 4.79 Å². The molecule has 1 aliphatic heterocycles. The SMILES string of the molecule is COC(=O)C1CCCCN1Cc1cc(C)on1. The fraction of sp³-hybridized carbons (Fsp3) is 0.667. The zero-order valence-electron chi connectivity index (χ0n) is 10.3. The highest BCUT2D eigenvalue weighted by Crippen LogP contribution is 2.20. The number of methoxy groups -OCH3 is 1. The Balaban J connectivity index is 2.03. The first kappa shape index (κ1) is 12.1. The van der Waals surface area contributed by atoms with E-state index in [0.717, 1.165) is 37.3 Å². The van der Waals surface area contributed by atoms with Crippen molar-refractivity contribution in [1.82, 2.24) is 10.1 Å². The van der Waals surface area contributed by atoms with Crippen LogP contribution in [-0.2, 0) is 16.1 Å². The Bertz CT molecular complexity index is 389. The van der Waals surface area contributed by atoms with Crippen LogP contribution in [0.5, 0.6) is 0 Å². The van der Waals surface area contributed by atoms with Crippen molar-refractivity contribution < 1.29 is 14.1 Å². The summed E-state index contributed by atoms with van der Waals surface area (Å²) < 4.78 is 9.87. The molecule has 2 rings (SSSR count). The zero-order chi connectivity index (χ0) is 12.3. The predicted molar refractivity (Wildman–Crippen MR) is 61.3 cm³/mol. The summed E-state index contributed by atoms with van der Waals surface area (Å²) in [5.74, 6) is 0.650. The van der Waals surface area contributed by atoms with Crippen molar-refractivity contribution in [2.75, 3.05) is 13.7 Å². The summed E-state index contributed by atoms with van der Waals surface area (Å²) in [4.78, 5) is 13.8. The molecule has 5 heteroatoms. The standard InChI is InChI=1S/C12H18N2O3/c1-9-7-10(13-17-9)8-14-6-4-3-5-11(14)12(15)16-2/h7,11H,3-6,8H2,1-2H3. The third kappa shape index (κ3) is 2.85. The number of esters is 1. The predicted octanol–water partition coefficient (Wildman–Crippen LogP) is 1.51. The van der Waals surface area contributed by atoms with Gasteiger partial charge in [0.15, 0.2) is 0 Å². The van der Waals surface area contributed by atoms with Gasteiger partial charge in [-0.05, 0) is 26.3 Å². The first-order chi connectivity index (χ1) is 8.20. The van der Waals surface area contributed by atoms with Gasteiger partial charge in [-0.25, -0.2) is 0 Å². The smallest absolute Gasteiger partial charge is 0.323 e. The lowest BCUT2D eigenvalue weighted by molar-refractivity contribution is -0.148. The number of carbonyl (C=O) groups is 1. The Morgan fingerprint density at radius 1 is 1.65 bits per heavy atom. The molecule has 17 heavy (non-hydrogen) atoms. The molecule has 1 fully saturated rings. The first-order valence-electron chi connectivity index (χ1n) is 5.95. The molecule has 1 aromatic heterocycles. The van der Waals surface area contributed by atoms with Crippen LogP contribution in [0.3, 0.4) is 0 Å². The lowest BCUT2D eigenvalue weighted by Gasteiger charge is -2.32. The summed E-state index contributed by atoms with van der Waals surface area (Å²) in [5.41, 5.74) is 0.873. The molecule has 0 radical (unpaired) electrons. The van der Waals surface area contributed by atoms with Gasteiger partial charge in [0.05, 0.1) is 12.8 Å². The molecule has 0 amide bonds. The second-order valence-corrected chi connectivity index (χ2v) is 4.43. The molecule has 1 atom stereocenters. The van der Waals surface area contributed by atoms with Crippen LogP contribution in [0.4, 0.5) is 0 Å². The highest BCUT2D eigenvalue weighted by atomic mass is 16.5. The fourth-order valence-electron chi connectivity index (χ4n) is 2.28. The Hall–Kier alpha value is -1.36. The monoisotopic (exact) mass is 238 g/mol. The van der Waals surface area contributed by atoms with E-state index < -0.39 is 0 Å². The van der Waals surface area contributed by atoms with Gasteiger partial charge in [-0.3, -0.25) is 9.69 Å². The van der Waals surface area contributed by atoms with E-state index in [4.69, 9.17) is 9.26 Å². The number of carbonyl (C=O) groups excluding carboxylic acids is 1. The highest BCUT2D eigenvalue weighted by molar-refractivity contribution is 5.75.